The van der Waals surface area contributed by atoms with Crippen molar-refractivity contribution in [3.05, 3.63) is 99.6 Å². The molecule has 0 unspecified atom stereocenters. The molecule has 3 aromatic carbocycles. The van der Waals surface area contributed by atoms with Gasteiger partial charge in [0.1, 0.15) is 5.75 Å². The van der Waals surface area contributed by atoms with Crippen LogP contribution in [-0.4, -0.2) is 21.2 Å². The van der Waals surface area contributed by atoms with Gasteiger partial charge in [-0.2, -0.15) is 0 Å². The summed E-state index contributed by atoms with van der Waals surface area (Å²) in [5, 5.41) is 1.35. The van der Waals surface area contributed by atoms with Crippen LogP contribution < -0.4 is 15.9 Å². The highest BCUT2D eigenvalue weighted by atomic mass is 16.5. The van der Waals surface area contributed by atoms with Crippen LogP contribution in [0.5, 0.6) is 5.75 Å². The number of hydrogen-bond donors (Lipinski definition) is 0. The lowest BCUT2D eigenvalue weighted by Crippen LogP contribution is -2.26. The number of ether oxygens (including phenoxy) is 1. The first kappa shape index (κ1) is 18.8. The van der Waals surface area contributed by atoms with Gasteiger partial charge in [0.15, 0.2) is 5.82 Å². The number of hydrogen-bond acceptors (Lipinski definition) is 4. The first-order valence-corrected chi connectivity index (χ1v) is 9.84. The maximum absolute atomic E-state index is 13.6. The number of benzene rings is 3. The van der Waals surface area contributed by atoms with Crippen molar-refractivity contribution < 1.29 is 4.74 Å². The molecule has 0 saturated heterocycles. The van der Waals surface area contributed by atoms with Gasteiger partial charge < -0.3 is 9.30 Å². The number of aryl methyl sites for hydroxylation is 1. The third kappa shape index (κ3) is 2.92. The standard InChI is InChI=1S/C25H19N3O3/c1-27-20-12-6-3-9-16(20)15-18(24(27)29)23-26-19-11-5-4-10-17(19)25(30)28(23)21-13-7-8-14-22(21)31-2/h3-15H,1-2H3. The minimum atomic E-state index is -0.264. The van der Waals surface area contributed by atoms with Crippen LogP contribution in [0.4, 0.5) is 0 Å². The molecule has 0 N–H and O–H groups in total. The summed E-state index contributed by atoms with van der Waals surface area (Å²) < 4.78 is 8.56. The average molecular weight is 409 g/mol. The fraction of sp³-hybridized carbons (Fsp3) is 0.0800. The third-order valence-electron chi connectivity index (χ3n) is 5.48. The highest BCUT2D eigenvalue weighted by molar-refractivity contribution is 5.85. The van der Waals surface area contributed by atoms with Gasteiger partial charge in [0, 0.05) is 7.05 Å². The van der Waals surface area contributed by atoms with Crippen LogP contribution in [0.15, 0.2) is 88.5 Å². The van der Waals surface area contributed by atoms with E-state index in [2.05, 4.69) is 0 Å². The second-order valence-electron chi connectivity index (χ2n) is 7.25. The smallest absolute Gasteiger partial charge is 0.266 e. The van der Waals surface area contributed by atoms with Crippen LogP contribution in [-0.2, 0) is 7.05 Å². The number of aromatic nitrogens is 3. The molecule has 5 rings (SSSR count). The van der Waals surface area contributed by atoms with E-state index in [4.69, 9.17) is 9.72 Å². The van der Waals surface area contributed by atoms with Crippen LogP contribution in [0.2, 0.25) is 0 Å². The number of para-hydroxylation sites is 4. The van der Waals surface area contributed by atoms with Crippen molar-refractivity contribution >= 4 is 21.8 Å². The van der Waals surface area contributed by atoms with Gasteiger partial charge in [-0.1, -0.05) is 42.5 Å². The zero-order valence-corrected chi connectivity index (χ0v) is 17.1. The van der Waals surface area contributed by atoms with Crippen molar-refractivity contribution in [3.63, 3.8) is 0 Å². The van der Waals surface area contributed by atoms with Crippen LogP contribution in [0.3, 0.4) is 0 Å². The lowest BCUT2D eigenvalue weighted by molar-refractivity contribution is 0.412. The summed E-state index contributed by atoms with van der Waals surface area (Å²) in [4.78, 5) is 31.7. The van der Waals surface area contributed by atoms with Crippen LogP contribution in [0, 0.1) is 0 Å². The number of fused-ring (bicyclic) bond motifs is 2. The topological polar surface area (TPSA) is 66.1 Å². The molecule has 0 aliphatic carbocycles. The molecule has 5 aromatic rings. The SMILES string of the molecule is COc1ccccc1-n1c(-c2cc3ccccc3n(C)c2=O)nc2ccccc2c1=O. The van der Waals surface area contributed by atoms with E-state index in [9.17, 15) is 9.59 Å². The Bertz CT molecular complexity index is 1580. The van der Waals surface area contributed by atoms with Crippen molar-refractivity contribution in [2.45, 2.75) is 0 Å². The van der Waals surface area contributed by atoms with E-state index in [-0.39, 0.29) is 16.9 Å². The second-order valence-corrected chi connectivity index (χ2v) is 7.25. The minimum Gasteiger partial charge on any atom is -0.495 e. The van der Waals surface area contributed by atoms with E-state index < -0.39 is 0 Å². The van der Waals surface area contributed by atoms with Crippen molar-refractivity contribution in [2.75, 3.05) is 7.11 Å². The van der Waals surface area contributed by atoms with Crippen molar-refractivity contribution in [2.24, 2.45) is 7.05 Å². The lowest BCUT2D eigenvalue weighted by Gasteiger charge is -2.17. The maximum Gasteiger partial charge on any atom is 0.266 e. The summed E-state index contributed by atoms with van der Waals surface area (Å²) in [6.07, 6.45) is 0. The molecule has 2 heterocycles. The van der Waals surface area contributed by atoms with Gasteiger partial charge in [-0.25, -0.2) is 4.98 Å². The maximum atomic E-state index is 13.6. The Morgan fingerprint density at radius 3 is 2.39 bits per heavy atom. The van der Waals surface area contributed by atoms with Gasteiger partial charge in [-0.3, -0.25) is 14.2 Å². The molecular formula is C25H19N3O3. The lowest BCUT2D eigenvalue weighted by atomic mass is 10.1. The Balaban J connectivity index is 1.97. The van der Waals surface area contributed by atoms with Crippen LogP contribution in [0.25, 0.3) is 38.9 Å². The Kier molecular flexibility index (Phi) is 4.40. The summed E-state index contributed by atoms with van der Waals surface area (Å²) in [5.41, 5.74) is 1.71. The van der Waals surface area contributed by atoms with Crippen molar-refractivity contribution in [3.8, 4) is 22.8 Å². The van der Waals surface area contributed by atoms with Gasteiger partial charge in [0.25, 0.3) is 11.1 Å². The van der Waals surface area contributed by atoms with E-state index in [1.807, 2.05) is 42.5 Å². The molecule has 0 aliphatic rings. The molecule has 0 bridgehead atoms. The van der Waals surface area contributed by atoms with Gasteiger partial charge in [-0.05, 0) is 41.8 Å². The predicted octanol–water partition coefficient (Wildman–Crippen LogP) is 3.91. The molecule has 0 atom stereocenters. The van der Waals surface area contributed by atoms with Crippen molar-refractivity contribution in [1.82, 2.24) is 14.1 Å². The zero-order chi connectivity index (χ0) is 21.5. The fourth-order valence-corrected chi connectivity index (χ4v) is 3.93. The van der Waals surface area contributed by atoms with E-state index in [0.717, 1.165) is 10.9 Å². The molecule has 0 amide bonds. The zero-order valence-electron chi connectivity index (χ0n) is 17.1. The molecule has 152 valence electrons. The van der Waals surface area contributed by atoms with Gasteiger partial charge in [0.2, 0.25) is 0 Å². The first-order valence-electron chi connectivity index (χ1n) is 9.84. The molecule has 0 fully saturated rings. The summed E-state index contributed by atoms with van der Waals surface area (Å²) in [7, 11) is 3.27. The van der Waals surface area contributed by atoms with E-state index in [1.54, 1.807) is 55.1 Å². The summed E-state index contributed by atoms with van der Waals surface area (Å²) in [5.74, 6) is 0.792. The summed E-state index contributed by atoms with van der Waals surface area (Å²) >= 11 is 0. The van der Waals surface area contributed by atoms with Gasteiger partial charge >= 0.3 is 0 Å². The van der Waals surface area contributed by atoms with Gasteiger partial charge in [0.05, 0.1) is 34.8 Å². The van der Waals surface area contributed by atoms with E-state index >= 15 is 0 Å². The molecule has 31 heavy (non-hydrogen) atoms. The predicted molar refractivity (Wildman–Crippen MR) is 122 cm³/mol. The molecule has 0 spiro atoms. The Morgan fingerprint density at radius 1 is 0.839 bits per heavy atom. The first-order chi connectivity index (χ1) is 15.1. The highest BCUT2D eigenvalue weighted by Crippen LogP contribution is 2.27. The molecule has 6 nitrogen and oxygen atoms in total. The number of methoxy groups -OCH3 is 1. The average Bonchev–Trinajstić information content (AvgIpc) is 2.81. The minimum absolute atomic E-state index is 0.232. The van der Waals surface area contributed by atoms with E-state index in [1.165, 1.54) is 4.57 Å². The van der Waals surface area contributed by atoms with Crippen LogP contribution >= 0.6 is 0 Å². The van der Waals surface area contributed by atoms with E-state index in [0.29, 0.717) is 27.9 Å². The molecular weight excluding hydrogens is 390 g/mol. The second kappa shape index (κ2) is 7.25. The monoisotopic (exact) mass is 409 g/mol. The summed E-state index contributed by atoms with van der Waals surface area (Å²) in [6.45, 7) is 0. The molecule has 0 aliphatic heterocycles. The number of nitrogens with zero attached hydrogens (tertiary/aromatic N) is 3. The molecule has 6 heteroatoms. The Labute approximate surface area is 177 Å². The fourth-order valence-electron chi connectivity index (χ4n) is 3.93. The quantitative estimate of drug-likeness (QED) is 0.453. The third-order valence-corrected chi connectivity index (χ3v) is 5.48. The van der Waals surface area contributed by atoms with Crippen molar-refractivity contribution in [1.29, 1.82) is 0 Å². The normalized spacial score (nSPS) is 11.2. The molecule has 0 saturated carbocycles. The largest absolute Gasteiger partial charge is 0.495 e. The summed E-state index contributed by atoms with van der Waals surface area (Å²) in [6, 6.07) is 23.8. The van der Waals surface area contributed by atoms with Crippen LogP contribution in [0.1, 0.15) is 0 Å². The molecule has 2 aromatic heterocycles. The highest BCUT2D eigenvalue weighted by Gasteiger charge is 2.20. The Morgan fingerprint density at radius 2 is 1.55 bits per heavy atom. The Hall–Kier alpha value is -4.19. The number of pyridine rings is 1. The number of rotatable bonds is 3. The molecule has 0 radical (unpaired) electrons. The van der Waals surface area contributed by atoms with Gasteiger partial charge in [-0.15, -0.1) is 0 Å².